The maximum atomic E-state index is 13.3. The Morgan fingerprint density at radius 2 is 1.72 bits per heavy atom. The number of aryl methyl sites for hydroxylation is 1. The average Bonchev–Trinajstić information content (AvgIpc) is 2.69. The molecule has 1 fully saturated rings. The van der Waals surface area contributed by atoms with Gasteiger partial charge in [-0.25, -0.2) is 18.7 Å². The summed E-state index contributed by atoms with van der Waals surface area (Å²) in [6.45, 7) is 10.0. The summed E-state index contributed by atoms with van der Waals surface area (Å²) in [6, 6.07) is 5.19. The number of ether oxygens (including phenoxy) is 1. The van der Waals surface area contributed by atoms with E-state index in [2.05, 4.69) is 28.7 Å². The van der Waals surface area contributed by atoms with E-state index < -0.39 is 17.7 Å². The molecule has 1 aromatic carbocycles. The molecule has 3 rings (SSSR count). The highest BCUT2D eigenvalue weighted by molar-refractivity contribution is 5.81. The van der Waals surface area contributed by atoms with Gasteiger partial charge < -0.3 is 14.5 Å². The number of carbonyl (C=O) groups excluding carboxylic acids is 1. The van der Waals surface area contributed by atoms with Crippen molar-refractivity contribution >= 4 is 11.7 Å². The fourth-order valence-electron chi connectivity index (χ4n) is 3.21. The van der Waals surface area contributed by atoms with Gasteiger partial charge in [-0.15, -0.1) is 0 Å². The largest absolute Gasteiger partial charge is 0.481 e. The third-order valence-electron chi connectivity index (χ3n) is 4.84. The van der Waals surface area contributed by atoms with Gasteiger partial charge in [-0.05, 0) is 26.0 Å². The number of nitrogens with zero attached hydrogens (tertiary/aromatic N) is 4. The summed E-state index contributed by atoms with van der Waals surface area (Å²) in [6.07, 6.45) is -0.791. The molecule has 6 nitrogen and oxygen atoms in total. The number of benzene rings is 1. The normalized spacial score (nSPS) is 15.6. The molecule has 0 radical (unpaired) electrons. The molecule has 1 amide bonds. The number of hydrogen-bond donors (Lipinski definition) is 0. The SMILES string of the molecule is Cc1cc(N2CCN(C(=O)C(C)Oc3ccc(F)c(F)c3)CC2)nc(C(C)C)n1. The predicted octanol–water partition coefficient (Wildman–Crippen LogP) is 3.30. The van der Waals surface area contributed by atoms with Gasteiger partial charge in [-0.1, -0.05) is 13.8 Å². The van der Waals surface area contributed by atoms with Gasteiger partial charge in [-0.2, -0.15) is 0 Å². The van der Waals surface area contributed by atoms with Crippen LogP contribution in [0.3, 0.4) is 0 Å². The summed E-state index contributed by atoms with van der Waals surface area (Å²) in [4.78, 5) is 25.7. The lowest BCUT2D eigenvalue weighted by Gasteiger charge is -2.36. The molecule has 29 heavy (non-hydrogen) atoms. The second-order valence-corrected chi connectivity index (χ2v) is 7.53. The predicted molar refractivity (Wildman–Crippen MR) is 106 cm³/mol. The van der Waals surface area contributed by atoms with Crippen molar-refractivity contribution in [3.05, 3.63) is 47.4 Å². The van der Waals surface area contributed by atoms with E-state index in [0.29, 0.717) is 26.2 Å². The zero-order valence-corrected chi connectivity index (χ0v) is 17.2. The molecule has 1 aliphatic heterocycles. The molecule has 0 aliphatic carbocycles. The first-order valence-corrected chi connectivity index (χ1v) is 9.75. The van der Waals surface area contributed by atoms with Crippen LogP contribution in [0, 0.1) is 18.6 Å². The van der Waals surface area contributed by atoms with E-state index in [0.717, 1.165) is 29.5 Å². The number of anilines is 1. The molecule has 0 bridgehead atoms. The van der Waals surface area contributed by atoms with Gasteiger partial charge in [-0.3, -0.25) is 4.79 Å². The number of piperazine rings is 1. The van der Waals surface area contributed by atoms with E-state index >= 15 is 0 Å². The average molecular weight is 404 g/mol. The van der Waals surface area contributed by atoms with Gasteiger partial charge in [0.15, 0.2) is 17.7 Å². The van der Waals surface area contributed by atoms with Gasteiger partial charge in [0.05, 0.1) is 0 Å². The van der Waals surface area contributed by atoms with E-state index in [9.17, 15) is 13.6 Å². The molecule has 0 saturated carbocycles. The number of rotatable bonds is 5. The smallest absolute Gasteiger partial charge is 0.263 e. The fourth-order valence-corrected chi connectivity index (χ4v) is 3.21. The quantitative estimate of drug-likeness (QED) is 0.765. The van der Waals surface area contributed by atoms with Crippen LogP contribution in [0.15, 0.2) is 24.3 Å². The van der Waals surface area contributed by atoms with Crippen molar-refractivity contribution in [2.45, 2.75) is 39.7 Å². The highest BCUT2D eigenvalue weighted by Crippen LogP contribution is 2.20. The summed E-state index contributed by atoms with van der Waals surface area (Å²) in [7, 11) is 0. The Hall–Kier alpha value is -2.77. The van der Waals surface area contributed by atoms with Crippen LogP contribution >= 0.6 is 0 Å². The van der Waals surface area contributed by atoms with Crippen molar-refractivity contribution in [3.8, 4) is 5.75 Å². The van der Waals surface area contributed by atoms with Crippen molar-refractivity contribution < 1.29 is 18.3 Å². The zero-order chi connectivity index (χ0) is 21.1. The lowest BCUT2D eigenvalue weighted by Crippen LogP contribution is -2.52. The van der Waals surface area contributed by atoms with E-state index in [1.165, 1.54) is 6.07 Å². The molecule has 2 heterocycles. The number of halogens is 2. The maximum absolute atomic E-state index is 13.3. The van der Waals surface area contributed by atoms with E-state index in [1.807, 2.05) is 13.0 Å². The van der Waals surface area contributed by atoms with Crippen molar-refractivity contribution in [1.29, 1.82) is 0 Å². The second kappa shape index (κ2) is 8.71. The Bertz CT molecular complexity index is 883. The Labute approximate surface area is 169 Å². The first-order chi connectivity index (χ1) is 13.7. The topological polar surface area (TPSA) is 58.6 Å². The van der Waals surface area contributed by atoms with E-state index in [-0.39, 0.29) is 17.6 Å². The van der Waals surface area contributed by atoms with Gasteiger partial charge in [0, 0.05) is 49.9 Å². The van der Waals surface area contributed by atoms with Crippen molar-refractivity contribution in [2.24, 2.45) is 0 Å². The van der Waals surface area contributed by atoms with Crippen molar-refractivity contribution in [3.63, 3.8) is 0 Å². The van der Waals surface area contributed by atoms with Crippen LogP contribution in [-0.4, -0.2) is 53.1 Å². The molecule has 1 atom stereocenters. The summed E-state index contributed by atoms with van der Waals surface area (Å²) < 4.78 is 31.9. The molecule has 0 N–H and O–H groups in total. The van der Waals surface area contributed by atoms with Crippen LogP contribution in [0.25, 0.3) is 0 Å². The molecular formula is C21H26F2N4O2. The van der Waals surface area contributed by atoms with Crippen molar-refractivity contribution in [2.75, 3.05) is 31.1 Å². The summed E-state index contributed by atoms with van der Waals surface area (Å²) in [5.74, 6) is -0.0841. The molecule has 1 aliphatic rings. The fraction of sp³-hybridized carbons (Fsp3) is 0.476. The molecule has 8 heteroatoms. The van der Waals surface area contributed by atoms with Crippen LogP contribution in [0.4, 0.5) is 14.6 Å². The summed E-state index contributed by atoms with van der Waals surface area (Å²) >= 11 is 0. The molecule has 1 saturated heterocycles. The van der Waals surface area contributed by atoms with Gasteiger partial charge in [0.2, 0.25) is 0 Å². The highest BCUT2D eigenvalue weighted by Gasteiger charge is 2.27. The molecule has 1 unspecified atom stereocenters. The van der Waals surface area contributed by atoms with E-state index in [1.54, 1.807) is 11.8 Å². The number of carbonyl (C=O) groups is 1. The first-order valence-electron chi connectivity index (χ1n) is 9.75. The monoisotopic (exact) mass is 404 g/mol. The minimum Gasteiger partial charge on any atom is -0.481 e. The molecule has 1 aromatic heterocycles. The lowest BCUT2D eigenvalue weighted by molar-refractivity contribution is -0.138. The van der Waals surface area contributed by atoms with Crippen LogP contribution in [-0.2, 0) is 4.79 Å². The highest BCUT2D eigenvalue weighted by atomic mass is 19.2. The van der Waals surface area contributed by atoms with Gasteiger partial charge >= 0.3 is 0 Å². The maximum Gasteiger partial charge on any atom is 0.263 e. The second-order valence-electron chi connectivity index (χ2n) is 7.53. The third kappa shape index (κ3) is 4.99. The van der Waals surface area contributed by atoms with E-state index in [4.69, 9.17) is 4.74 Å². The molecule has 0 spiro atoms. The minimum atomic E-state index is -1.00. The lowest BCUT2D eigenvalue weighted by atomic mass is 10.2. The van der Waals surface area contributed by atoms with Crippen LogP contribution in [0.2, 0.25) is 0 Å². The number of aromatic nitrogens is 2. The van der Waals surface area contributed by atoms with Crippen LogP contribution in [0.5, 0.6) is 5.75 Å². The van der Waals surface area contributed by atoms with Gasteiger partial charge in [0.25, 0.3) is 5.91 Å². The Kier molecular flexibility index (Phi) is 6.30. The zero-order valence-electron chi connectivity index (χ0n) is 17.2. The van der Waals surface area contributed by atoms with Gasteiger partial charge in [0.1, 0.15) is 17.4 Å². The number of hydrogen-bond acceptors (Lipinski definition) is 5. The standard InChI is InChI=1S/C21H26F2N4O2/c1-13(2)20-24-14(3)11-19(25-20)26-7-9-27(10-8-26)21(28)15(4)29-16-5-6-17(22)18(23)12-16/h5-6,11-13,15H,7-10H2,1-4H3. The molecular weight excluding hydrogens is 378 g/mol. The Morgan fingerprint density at radius 1 is 1.03 bits per heavy atom. The Morgan fingerprint density at radius 3 is 2.34 bits per heavy atom. The van der Waals surface area contributed by atoms with Crippen molar-refractivity contribution in [1.82, 2.24) is 14.9 Å². The molecule has 156 valence electrons. The summed E-state index contributed by atoms with van der Waals surface area (Å²) in [5, 5.41) is 0. The molecule has 2 aromatic rings. The third-order valence-corrected chi connectivity index (χ3v) is 4.84. The van der Waals surface area contributed by atoms with Crippen LogP contribution < -0.4 is 9.64 Å². The first kappa shape index (κ1) is 21.0. The number of amides is 1. The Balaban J connectivity index is 1.59. The minimum absolute atomic E-state index is 0.126. The summed E-state index contributed by atoms with van der Waals surface area (Å²) in [5.41, 5.74) is 0.922. The van der Waals surface area contributed by atoms with Crippen LogP contribution in [0.1, 0.15) is 38.2 Å².